The molecular formula is C14H16N4OS. The highest BCUT2D eigenvalue weighted by molar-refractivity contribution is 7.80. The van der Waals surface area contributed by atoms with Crippen LogP contribution in [0.5, 0.6) is 5.75 Å². The van der Waals surface area contributed by atoms with E-state index in [1.807, 2.05) is 24.3 Å². The molecule has 5 nitrogen and oxygen atoms in total. The summed E-state index contributed by atoms with van der Waals surface area (Å²) in [7, 11) is 1.66. The van der Waals surface area contributed by atoms with Crippen LogP contribution in [-0.2, 0) is 6.42 Å². The first-order valence-corrected chi connectivity index (χ1v) is 6.63. The molecule has 6 heteroatoms. The van der Waals surface area contributed by atoms with E-state index in [0.717, 1.165) is 18.7 Å². The van der Waals surface area contributed by atoms with Gasteiger partial charge in [-0.2, -0.15) is 0 Å². The quantitative estimate of drug-likeness (QED) is 0.821. The summed E-state index contributed by atoms with van der Waals surface area (Å²) < 4.78 is 5.12. The molecule has 1 aromatic carbocycles. The number of methoxy groups -OCH3 is 1. The van der Waals surface area contributed by atoms with Gasteiger partial charge in [-0.1, -0.05) is 12.1 Å². The van der Waals surface area contributed by atoms with E-state index in [-0.39, 0.29) is 0 Å². The molecule has 0 aliphatic heterocycles. The Balaban J connectivity index is 1.73. The Hall–Kier alpha value is -2.21. The van der Waals surface area contributed by atoms with E-state index in [9.17, 15) is 0 Å². The molecule has 0 radical (unpaired) electrons. The lowest BCUT2D eigenvalue weighted by molar-refractivity contribution is 0.414. The third-order valence-electron chi connectivity index (χ3n) is 2.65. The maximum atomic E-state index is 5.17. The number of aromatic nitrogens is 2. The predicted molar refractivity (Wildman–Crippen MR) is 83.0 cm³/mol. The number of thiocarbonyl (C=S) groups is 1. The molecule has 0 aliphatic carbocycles. The van der Waals surface area contributed by atoms with Crippen LogP contribution in [0.15, 0.2) is 42.7 Å². The predicted octanol–water partition coefficient (Wildman–Crippen LogP) is 2.01. The fourth-order valence-corrected chi connectivity index (χ4v) is 1.82. The number of anilines is 1. The molecule has 20 heavy (non-hydrogen) atoms. The second-order valence-electron chi connectivity index (χ2n) is 4.05. The zero-order valence-electron chi connectivity index (χ0n) is 11.2. The van der Waals surface area contributed by atoms with Gasteiger partial charge < -0.3 is 15.4 Å². The highest BCUT2D eigenvalue weighted by Gasteiger charge is 1.99. The Kier molecular flexibility index (Phi) is 5.25. The van der Waals surface area contributed by atoms with Gasteiger partial charge in [-0.05, 0) is 42.4 Å². The number of nitrogens with zero attached hydrogens (tertiary/aromatic N) is 2. The largest absolute Gasteiger partial charge is 0.497 e. The van der Waals surface area contributed by atoms with Crippen LogP contribution in [0.1, 0.15) is 5.56 Å². The second-order valence-corrected chi connectivity index (χ2v) is 4.46. The van der Waals surface area contributed by atoms with Crippen molar-refractivity contribution in [1.82, 2.24) is 15.3 Å². The highest BCUT2D eigenvalue weighted by atomic mass is 32.1. The van der Waals surface area contributed by atoms with E-state index in [2.05, 4.69) is 20.6 Å². The van der Waals surface area contributed by atoms with Gasteiger partial charge >= 0.3 is 0 Å². The molecule has 0 fully saturated rings. The van der Waals surface area contributed by atoms with E-state index < -0.39 is 0 Å². The van der Waals surface area contributed by atoms with Crippen molar-refractivity contribution in [3.63, 3.8) is 0 Å². The molecule has 0 saturated carbocycles. The number of hydrogen-bond donors (Lipinski definition) is 2. The van der Waals surface area contributed by atoms with Gasteiger partial charge in [0.25, 0.3) is 0 Å². The lowest BCUT2D eigenvalue weighted by Crippen LogP contribution is -2.30. The Labute approximate surface area is 123 Å². The summed E-state index contributed by atoms with van der Waals surface area (Å²) in [5.74, 6) is 1.36. The van der Waals surface area contributed by atoms with Crippen molar-refractivity contribution < 1.29 is 4.74 Å². The average Bonchev–Trinajstić information content (AvgIpc) is 2.49. The molecule has 1 heterocycles. The lowest BCUT2D eigenvalue weighted by Gasteiger charge is -2.09. The maximum Gasteiger partial charge on any atom is 0.228 e. The van der Waals surface area contributed by atoms with Crippen LogP contribution in [0, 0.1) is 0 Å². The molecular weight excluding hydrogens is 272 g/mol. The first-order chi connectivity index (χ1) is 9.78. The van der Waals surface area contributed by atoms with E-state index in [0.29, 0.717) is 11.1 Å². The van der Waals surface area contributed by atoms with Gasteiger partial charge in [-0.3, -0.25) is 0 Å². The zero-order valence-corrected chi connectivity index (χ0v) is 12.0. The van der Waals surface area contributed by atoms with Crippen LogP contribution in [0.4, 0.5) is 5.95 Å². The summed E-state index contributed by atoms with van der Waals surface area (Å²) in [4.78, 5) is 8.08. The molecule has 1 aromatic heterocycles. The smallest absolute Gasteiger partial charge is 0.228 e. The standard InChI is InChI=1S/C14H16N4OS/c1-19-12-5-3-11(4-6-12)7-10-17-14(20)18-13-15-8-2-9-16-13/h2-6,8-9H,7,10H2,1H3,(H2,15,16,17,18,20). The van der Waals surface area contributed by atoms with Crippen molar-refractivity contribution in [3.05, 3.63) is 48.3 Å². The van der Waals surface area contributed by atoms with Crippen molar-refractivity contribution in [2.45, 2.75) is 6.42 Å². The fraction of sp³-hybridized carbons (Fsp3) is 0.214. The molecule has 2 rings (SSSR count). The van der Waals surface area contributed by atoms with Gasteiger partial charge in [0.2, 0.25) is 5.95 Å². The van der Waals surface area contributed by atoms with E-state index in [1.54, 1.807) is 25.6 Å². The molecule has 0 bridgehead atoms. The van der Waals surface area contributed by atoms with E-state index in [4.69, 9.17) is 17.0 Å². The van der Waals surface area contributed by atoms with Crippen LogP contribution in [0.2, 0.25) is 0 Å². The van der Waals surface area contributed by atoms with Crippen molar-refractivity contribution in [3.8, 4) is 5.75 Å². The molecule has 0 aliphatic rings. The summed E-state index contributed by atoms with van der Waals surface area (Å²) in [5.41, 5.74) is 1.22. The summed E-state index contributed by atoms with van der Waals surface area (Å²) in [6.45, 7) is 0.741. The Morgan fingerprint density at radius 3 is 2.55 bits per heavy atom. The van der Waals surface area contributed by atoms with Crippen LogP contribution in [0.25, 0.3) is 0 Å². The molecule has 2 N–H and O–H groups in total. The molecule has 0 atom stereocenters. The Morgan fingerprint density at radius 2 is 1.90 bits per heavy atom. The second kappa shape index (κ2) is 7.40. The minimum atomic E-state index is 0.495. The molecule has 104 valence electrons. The molecule has 0 spiro atoms. The normalized spacial score (nSPS) is 9.85. The minimum Gasteiger partial charge on any atom is -0.497 e. The third-order valence-corrected chi connectivity index (χ3v) is 2.90. The molecule has 0 amide bonds. The number of benzene rings is 1. The Bertz CT molecular complexity index is 545. The molecule has 0 unspecified atom stereocenters. The van der Waals surface area contributed by atoms with Gasteiger partial charge in [0.15, 0.2) is 5.11 Å². The average molecular weight is 288 g/mol. The van der Waals surface area contributed by atoms with Crippen LogP contribution < -0.4 is 15.4 Å². The Morgan fingerprint density at radius 1 is 1.20 bits per heavy atom. The van der Waals surface area contributed by atoms with Gasteiger partial charge in [0.1, 0.15) is 5.75 Å². The maximum absolute atomic E-state index is 5.17. The highest BCUT2D eigenvalue weighted by Crippen LogP contribution is 2.11. The van der Waals surface area contributed by atoms with Crippen molar-refractivity contribution >= 4 is 23.3 Å². The minimum absolute atomic E-state index is 0.495. The van der Waals surface area contributed by atoms with Crippen molar-refractivity contribution in [1.29, 1.82) is 0 Å². The van der Waals surface area contributed by atoms with Crippen LogP contribution >= 0.6 is 12.2 Å². The topological polar surface area (TPSA) is 59.1 Å². The third kappa shape index (κ3) is 4.47. The van der Waals surface area contributed by atoms with Crippen LogP contribution in [-0.4, -0.2) is 28.7 Å². The summed E-state index contributed by atoms with van der Waals surface area (Å²) in [6, 6.07) is 9.73. The van der Waals surface area contributed by atoms with E-state index in [1.165, 1.54) is 5.56 Å². The number of hydrogen-bond acceptors (Lipinski definition) is 4. The van der Waals surface area contributed by atoms with Gasteiger partial charge in [-0.15, -0.1) is 0 Å². The molecule has 0 saturated heterocycles. The monoisotopic (exact) mass is 288 g/mol. The summed E-state index contributed by atoms with van der Waals surface area (Å²) in [5, 5.41) is 6.56. The fourth-order valence-electron chi connectivity index (χ4n) is 1.62. The van der Waals surface area contributed by atoms with E-state index >= 15 is 0 Å². The SMILES string of the molecule is COc1ccc(CCNC(=S)Nc2ncccn2)cc1. The summed E-state index contributed by atoms with van der Waals surface area (Å²) >= 11 is 5.17. The van der Waals surface area contributed by atoms with Crippen LogP contribution in [0.3, 0.4) is 0 Å². The van der Waals surface area contributed by atoms with Crippen molar-refractivity contribution in [2.75, 3.05) is 19.0 Å². The lowest BCUT2D eigenvalue weighted by atomic mass is 10.1. The van der Waals surface area contributed by atoms with Gasteiger partial charge in [0, 0.05) is 18.9 Å². The number of rotatable bonds is 5. The first kappa shape index (κ1) is 14.2. The zero-order chi connectivity index (χ0) is 14.2. The van der Waals surface area contributed by atoms with Gasteiger partial charge in [-0.25, -0.2) is 9.97 Å². The molecule has 2 aromatic rings. The number of ether oxygens (including phenoxy) is 1. The van der Waals surface area contributed by atoms with Gasteiger partial charge in [0.05, 0.1) is 7.11 Å². The summed E-state index contributed by atoms with van der Waals surface area (Å²) in [6.07, 6.45) is 4.20. The van der Waals surface area contributed by atoms with Crippen molar-refractivity contribution in [2.24, 2.45) is 0 Å². The first-order valence-electron chi connectivity index (χ1n) is 6.23. The number of nitrogens with one attached hydrogen (secondary N) is 2.